The van der Waals surface area contributed by atoms with Gasteiger partial charge in [-0.1, -0.05) is 6.07 Å². The smallest absolute Gasteiger partial charge is 0.314 e. The summed E-state index contributed by atoms with van der Waals surface area (Å²) in [6, 6.07) is 4.97. The van der Waals surface area contributed by atoms with E-state index >= 15 is 0 Å². The van der Waals surface area contributed by atoms with Gasteiger partial charge < -0.3 is 11.1 Å². The fraction of sp³-hybridized carbons (Fsp3) is 0.455. The third kappa shape index (κ3) is 2.46. The Balaban J connectivity index is 2.15. The molecule has 5 nitrogen and oxygen atoms in total. The lowest BCUT2D eigenvalue weighted by Crippen LogP contribution is -2.18. The lowest BCUT2D eigenvalue weighted by molar-refractivity contribution is -0.383. The molecule has 2 rings (SSSR count). The van der Waals surface area contributed by atoms with Crippen LogP contribution in [0.4, 0.5) is 17.1 Å². The quantitative estimate of drug-likeness (QED) is 0.478. The van der Waals surface area contributed by atoms with Gasteiger partial charge in [-0.3, -0.25) is 10.1 Å². The van der Waals surface area contributed by atoms with E-state index in [1.165, 1.54) is 0 Å². The fourth-order valence-corrected chi connectivity index (χ4v) is 2.48. The van der Waals surface area contributed by atoms with Crippen LogP contribution in [0.1, 0.15) is 12.8 Å². The first-order valence-corrected chi connectivity index (χ1v) is 6.62. The first-order chi connectivity index (χ1) is 8.08. The van der Waals surface area contributed by atoms with Crippen molar-refractivity contribution < 1.29 is 4.92 Å². The highest BCUT2D eigenvalue weighted by Gasteiger charge is 2.41. The molecule has 0 amide bonds. The molecule has 1 fully saturated rings. The monoisotopic (exact) mass is 253 g/mol. The molecule has 0 aliphatic heterocycles. The largest absolute Gasteiger partial charge is 0.393 e. The summed E-state index contributed by atoms with van der Waals surface area (Å²) in [5.41, 5.74) is 6.31. The summed E-state index contributed by atoms with van der Waals surface area (Å²) in [4.78, 5) is 10.5. The lowest BCUT2D eigenvalue weighted by Gasteiger charge is -2.14. The van der Waals surface area contributed by atoms with E-state index in [1.807, 2.05) is 11.8 Å². The fourth-order valence-electron chi connectivity index (χ4n) is 1.76. The van der Waals surface area contributed by atoms with Crippen LogP contribution in [-0.2, 0) is 0 Å². The first-order valence-electron chi connectivity index (χ1n) is 5.40. The van der Waals surface area contributed by atoms with Crippen molar-refractivity contribution in [2.45, 2.75) is 17.6 Å². The van der Waals surface area contributed by atoms with E-state index in [0.29, 0.717) is 5.69 Å². The van der Waals surface area contributed by atoms with E-state index in [1.54, 1.807) is 18.2 Å². The maximum absolute atomic E-state index is 10.9. The number of hydrogen-bond donors (Lipinski definition) is 2. The van der Waals surface area contributed by atoms with Gasteiger partial charge in [0.15, 0.2) is 0 Å². The predicted octanol–water partition coefficient (Wildman–Crippen LogP) is 2.48. The normalized spacial score (nSPS) is 16.5. The number of benzene rings is 1. The van der Waals surface area contributed by atoms with Gasteiger partial charge >= 0.3 is 5.69 Å². The number of nitrogens with one attached hydrogen (secondary N) is 1. The molecule has 0 atom stereocenters. The Bertz CT molecular complexity index is 446. The minimum Gasteiger partial charge on any atom is -0.393 e. The molecule has 1 saturated carbocycles. The molecule has 3 N–H and O–H groups in total. The molecule has 0 unspecified atom stereocenters. The Labute approximate surface area is 104 Å². The van der Waals surface area contributed by atoms with Gasteiger partial charge in [0.2, 0.25) is 0 Å². The number of nitro groups is 1. The summed E-state index contributed by atoms with van der Waals surface area (Å²) < 4.78 is 0.262. The minimum absolute atomic E-state index is 0.0237. The number of rotatable bonds is 5. The molecule has 0 radical (unpaired) electrons. The van der Waals surface area contributed by atoms with Gasteiger partial charge in [0.05, 0.1) is 4.92 Å². The van der Waals surface area contributed by atoms with Crippen LogP contribution in [0.2, 0.25) is 0 Å². The molecule has 0 aromatic heterocycles. The van der Waals surface area contributed by atoms with Crippen LogP contribution in [0, 0.1) is 10.1 Å². The van der Waals surface area contributed by atoms with Crippen molar-refractivity contribution >= 4 is 28.8 Å². The van der Waals surface area contributed by atoms with Crippen molar-refractivity contribution in [2.75, 3.05) is 23.9 Å². The van der Waals surface area contributed by atoms with Crippen molar-refractivity contribution in [3.8, 4) is 0 Å². The van der Waals surface area contributed by atoms with Crippen molar-refractivity contribution in [2.24, 2.45) is 0 Å². The average molecular weight is 253 g/mol. The standard InChI is InChI=1S/C11H15N3O2S/c1-17-11(5-6-11)7-13-9-4-2-3-8(12)10(9)14(15)16/h2-4,13H,5-7,12H2,1H3. The molecule has 0 heterocycles. The minimum atomic E-state index is -0.434. The molecule has 1 aliphatic rings. The van der Waals surface area contributed by atoms with Gasteiger partial charge in [0, 0.05) is 11.3 Å². The van der Waals surface area contributed by atoms with E-state index in [-0.39, 0.29) is 16.1 Å². The summed E-state index contributed by atoms with van der Waals surface area (Å²) in [6.07, 6.45) is 4.40. The molecular formula is C11H15N3O2S. The molecule has 0 bridgehead atoms. The Kier molecular flexibility index (Phi) is 3.15. The zero-order chi connectivity index (χ0) is 12.5. The van der Waals surface area contributed by atoms with Crippen LogP contribution in [0.15, 0.2) is 18.2 Å². The predicted molar refractivity (Wildman–Crippen MR) is 71.5 cm³/mol. The van der Waals surface area contributed by atoms with Gasteiger partial charge in [-0.15, -0.1) is 0 Å². The number of thioether (sulfide) groups is 1. The number of nitrogens with zero attached hydrogens (tertiary/aromatic N) is 1. The van der Waals surface area contributed by atoms with Crippen molar-refractivity contribution in [1.29, 1.82) is 0 Å². The van der Waals surface area contributed by atoms with Gasteiger partial charge in [0.25, 0.3) is 0 Å². The zero-order valence-corrected chi connectivity index (χ0v) is 10.4. The Morgan fingerprint density at radius 2 is 2.29 bits per heavy atom. The first kappa shape index (κ1) is 12.0. The second-order valence-corrected chi connectivity index (χ2v) is 5.52. The Morgan fingerprint density at radius 1 is 1.59 bits per heavy atom. The number of anilines is 2. The molecule has 17 heavy (non-hydrogen) atoms. The van der Waals surface area contributed by atoms with Crippen LogP contribution >= 0.6 is 11.8 Å². The maximum atomic E-state index is 10.9. The van der Waals surface area contributed by atoms with Gasteiger partial charge in [-0.25, -0.2) is 0 Å². The molecular weight excluding hydrogens is 238 g/mol. The molecule has 1 aliphatic carbocycles. The molecule has 0 spiro atoms. The van der Waals surface area contributed by atoms with Crippen LogP contribution in [0.3, 0.4) is 0 Å². The summed E-state index contributed by atoms with van der Waals surface area (Å²) in [7, 11) is 0. The summed E-state index contributed by atoms with van der Waals surface area (Å²) in [5.74, 6) is 0. The maximum Gasteiger partial charge on any atom is 0.314 e. The molecule has 1 aromatic rings. The number of nitro benzene ring substituents is 1. The second-order valence-electron chi connectivity index (χ2n) is 4.24. The lowest BCUT2D eigenvalue weighted by atomic mass is 10.2. The number of nitrogens with two attached hydrogens (primary N) is 1. The zero-order valence-electron chi connectivity index (χ0n) is 9.60. The highest BCUT2D eigenvalue weighted by molar-refractivity contribution is 8.00. The topological polar surface area (TPSA) is 81.2 Å². The van der Waals surface area contributed by atoms with Gasteiger partial charge in [-0.2, -0.15) is 11.8 Å². The number of nitrogen functional groups attached to an aromatic ring is 1. The van der Waals surface area contributed by atoms with Gasteiger partial charge in [0.1, 0.15) is 11.4 Å². The third-order valence-electron chi connectivity index (χ3n) is 3.09. The summed E-state index contributed by atoms with van der Waals surface area (Å²) in [6.45, 7) is 0.748. The molecule has 1 aromatic carbocycles. The Hall–Kier alpha value is -1.43. The summed E-state index contributed by atoms with van der Waals surface area (Å²) in [5, 5.41) is 14.1. The van der Waals surface area contributed by atoms with E-state index < -0.39 is 4.92 Å². The Morgan fingerprint density at radius 3 is 2.82 bits per heavy atom. The van der Waals surface area contributed by atoms with Crippen LogP contribution in [-0.4, -0.2) is 22.5 Å². The van der Waals surface area contributed by atoms with Gasteiger partial charge in [-0.05, 0) is 31.2 Å². The number of hydrogen-bond acceptors (Lipinski definition) is 5. The average Bonchev–Trinajstić information content (AvgIpc) is 3.06. The van der Waals surface area contributed by atoms with Crippen LogP contribution in [0.25, 0.3) is 0 Å². The van der Waals surface area contributed by atoms with E-state index in [0.717, 1.165) is 19.4 Å². The molecule has 92 valence electrons. The summed E-state index contributed by atoms with van der Waals surface area (Å²) >= 11 is 1.81. The van der Waals surface area contributed by atoms with Crippen molar-refractivity contribution in [3.05, 3.63) is 28.3 Å². The van der Waals surface area contributed by atoms with Crippen LogP contribution < -0.4 is 11.1 Å². The van der Waals surface area contributed by atoms with Crippen LogP contribution in [0.5, 0.6) is 0 Å². The van der Waals surface area contributed by atoms with E-state index in [2.05, 4.69) is 11.6 Å². The van der Waals surface area contributed by atoms with E-state index in [9.17, 15) is 10.1 Å². The van der Waals surface area contributed by atoms with E-state index in [4.69, 9.17) is 5.73 Å². The highest BCUT2D eigenvalue weighted by Crippen LogP contribution is 2.47. The van der Waals surface area contributed by atoms with Crippen molar-refractivity contribution in [1.82, 2.24) is 0 Å². The molecule has 0 saturated heterocycles. The third-order valence-corrected chi connectivity index (χ3v) is 4.51. The SMILES string of the molecule is CSC1(CNc2cccc(N)c2[N+](=O)[O-])CC1. The second kappa shape index (κ2) is 4.44. The highest BCUT2D eigenvalue weighted by atomic mass is 32.2. The van der Waals surface area contributed by atoms with Crippen molar-refractivity contribution in [3.63, 3.8) is 0 Å². The number of para-hydroxylation sites is 1. The molecule has 6 heteroatoms.